The normalized spacial score (nSPS) is 23.4. The standard InChI is InChI=1S/C12H17N5O2/c13-10(18)9-7-14-3-5-17(9)11-12(19)16(6-4-15-11)8-1-2-8/h4,6,8-9,14H,1-3,5,7H2,(H2,13,18). The van der Waals surface area contributed by atoms with E-state index in [2.05, 4.69) is 10.3 Å². The number of aromatic nitrogens is 2. The zero-order valence-corrected chi connectivity index (χ0v) is 10.6. The van der Waals surface area contributed by atoms with E-state index in [0.717, 1.165) is 12.8 Å². The lowest BCUT2D eigenvalue weighted by Crippen LogP contribution is -2.58. The van der Waals surface area contributed by atoms with Crippen LogP contribution in [0.5, 0.6) is 0 Å². The first-order valence-electron chi connectivity index (χ1n) is 6.52. The van der Waals surface area contributed by atoms with Crippen LogP contribution in [0.4, 0.5) is 5.82 Å². The number of anilines is 1. The minimum absolute atomic E-state index is 0.127. The van der Waals surface area contributed by atoms with Gasteiger partial charge >= 0.3 is 0 Å². The number of piperazine rings is 1. The Hall–Kier alpha value is -1.89. The lowest BCUT2D eigenvalue weighted by Gasteiger charge is -2.34. The van der Waals surface area contributed by atoms with Crippen LogP contribution in [0, 0.1) is 0 Å². The third kappa shape index (κ3) is 2.21. The van der Waals surface area contributed by atoms with Crippen molar-refractivity contribution in [2.75, 3.05) is 24.5 Å². The molecule has 1 saturated heterocycles. The Balaban J connectivity index is 1.98. The molecule has 1 aliphatic heterocycles. The summed E-state index contributed by atoms with van der Waals surface area (Å²) in [4.78, 5) is 29.8. The van der Waals surface area contributed by atoms with Gasteiger partial charge in [-0.2, -0.15) is 0 Å². The van der Waals surface area contributed by atoms with Gasteiger partial charge in [0, 0.05) is 38.1 Å². The van der Waals surface area contributed by atoms with Gasteiger partial charge < -0.3 is 20.5 Å². The van der Waals surface area contributed by atoms with Crippen molar-refractivity contribution in [1.29, 1.82) is 0 Å². The predicted molar refractivity (Wildman–Crippen MR) is 70.0 cm³/mol. The van der Waals surface area contributed by atoms with Crippen LogP contribution in [0.2, 0.25) is 0 Å². The first-order chi connectivity index (χ1) is 9.18. The number of primary amides is 1. The fourth-order valence-electron chi connectivity index (χ4n) is 2.46. The molecule has 1 aromatic heterocycles. The minimum atomic E-state index is -0.510. The molecule has 2 heterocycles. The maximum Gasteiger partial charge on any atom is 0.293 e. The van der Waals surface area contributed by atoms with Gasteiger partial charge in [-0.25, -0.2) is 4.98 Å². The maximum atomic E-state index is 12.4. The van der Waals surface area contributed by atoms with E-state index in [4.69, 9.17) is 5.73 Å². The molecule has 1 unspecified atom stereocenters. The van der Waals surface area contributed by atoms with Gasteiger partial charge in [-0.3, -0.25) is 9.59 Å². The van der Waals surface area contributed by atoms with Crippen LogP contribution in [-0.2, 0) is 4.79 Å². The summed E-state index contributed by atoms with van der Waals surface area (Å²) in [5.74, 6) is -0.102. The highest BCUT2D eigenvalue weighted by molar-refractivity contribution is 5.83. The van der Waals surface area contributed by atoms with Crippen molar-refractivity contribution in [3.05, 3.63) is 22.7 Å². The number of carbonyl (C=O) groups is 1. The van der Waals surface area contributed by atoms with Crippen molar-refractivity contribution in [2.45, 2.75) is 24.9 Å². The second kappa shape index (κ2) is 4.65. The molecule has 2 fully saturated rings. The number of nitrogens with two attached hydrogens (primary N) is 1. The van der Waals surface area contributed by atoms with E-state index in [0.29, 0.717) is 31.5 Å². The van der Waals surface area contributed by atoms with Gasteiger partial charge in [-0.1, -0.05) is 0 Å². The highest BCUT2D eigenvalue weighted by Gasteiger charge is 2.31. The Labute approximate surface area is 110 Å². The number of nitrogens with one attached hydrogen (secondary N) is 1. The smallest absolute Gasteiger partial charge is 0.293 e. The molecule has 1 aliphatic carbocycles. The van der Waals surface area contributed by atoms with Crippen molar-refractivity contribution in [3.8, 4) is 0 Å². The SMILES string of the molecule is NC(=O)C1CNCCN1c1nccn(C2CC2)c1=O. The molecule has 1 amide bonds. The fraction of sp³-hybridized carbons (Fsp3) is 0.583. The third-order valence-corrected chi connectivity index (χ3v) is 3.63. The molecule has 1 aromatic rings. The summed E-state index contributed by atoms with van der Waals surface area (Å²) in [5, 5.41) is 3.11. The summed E-state index contributed by atoms with van der Waals surface area (Å²) < 4.78 is 1.71. The van der Waals surface area contributed by atoms with Crippen molar-refractivity contribution in [2.24, 2.45) is 5.73 Å². The number of hydrogen-bond donors (Lipinski definition) is 2. The second-order valence-corrected chi connectivity index (χ2v) is 5.01. The predicted octanol–water partition coefficient (Wildman–Crippen LogP) is -1.16. The summed E-state index contributed by atoms with van der Waals surface area (Å²) in [6, 6.07) is -0.215. The first kappa shape index (κ1) is 12.2. The van der Waals surface area contributed by atoms with Crippen LogP contribution in [0.3, 0.4) is 0 Å². The Bertz CT molecular complexity index is 551. The number of rotatable bonds is 3. The van der Waals surface area contributed by atoms with E-state index in [9.17, 15) is 9.59 Å². The van der Waals surface area contributed by atoms with Crippen LogP contribution in [-0.4, -0.2) is 41.1 Å². The Morgan fingerprint density at radius 1 is 1.47 bits per heavy atom. The molecule has 19 heavy (non-hydrogen) atoms. The van der Waals surface area contributed by atoms with Crippen LogP contribution in [0.1, 0.15) is 18.9 Å². The van der Waals surface area contributed by atoms with Crippen LogP contribution < -0.4 is 21.5 Å². The molecule has 3 rings (SSSR count). The molecule has 1 atom stereocenters. The molecule has 0 radical (unpaired) electrons. The lowest BCUT2D eigenvalue weighted by atomic mass is 10.2. The zero-order chi connectivity index (χ0) is 13.4. The number of nitrogens with zero attached hydrogens (tertiary/aromatic N) is 3. The summed E-state index contributed by atoms with van der Waals surface area (Å²) in [6.45, 7) is 1.72. The highest BCUT2D eigenvalue weighted by Crippen LogP contribution is 2.33. The van der Waals surface area contributed by atoms with Crippen molar-refractivity contribution in [3.63, 3.8) is 0 Å². The molecule has 102 valence electrons. The van der Waals surface area contributed by atoms with Gasteiger partial charge in [0.05, 0.1) is 0 Å². The number of carbonyl (C=O) groups excluding carboxylic acids is 1. The Morgan fingerprint density at radius 3 is 2.95 bits per heavy atom. The van der Waals surface area contributed by atoms with Gasteiger partial charge in [0.2, 0.25) is 5.91 Å². The van der Waals surface area contributed by atoms with Gasteiger partial charge in [-0.05, 0) is 12.8 Å². The number of hydrogen-bond acceptors (Lipinski definition) is 5. The average Bonchev–Trinajstić information content (AvgIpc) is 3.23. The van der Waals surface area contributed by atoms with E-state index in [1.165, 1.54) is 0 Å². The molecule has 3 N–H and O–H groups in total. The fourth-order valence-corrected chi connectivity index (χ4v) is 2.46. The molecular formula is C12H17N5O2. The van der Waals surface area contributed by atoms with Crippen LogP contribution in [0.25, 0.3) is 0 Å². The summed E-state index contributed by atoms with van der Waals surface area (Å²) in [7, 11) is 0. The third-order valence-electron chi connectivity index (χ3n) is 3.63. The van der Waals surface area contributed by atoms with Crippen LogP contribution >= 0.6 is 0 Å². The Morgan fingerprint density at radius 2 is 2.26 bits per heavy atom. The monoisotopic (exact) mass is 263 g/mol. The van der Waals surface area contributed by atoms with E-state index >= 15 is 0 Å². The second-order valence-electron chi connectivity index (χ2n) is 5.01. The molecule has 0 spiro atoms. The van der Waals surface area contributed by atoms with Crippen molar-refractivity contribution >= 4 is 11.7 Å². The van der Waals surface area contributed by atoms with Crippen LogP contribution in [0.15, 0.2) is 17.2 Å². The highest BCUT2D eigenvalue weighted by atomic mass is 16.2. The molecule has 0 aromatic carbocycles. The number of amides is 1. The Kier molecular flexibility index (Phi) is 2.98. The molecule has 1 saturated carbocycles. The maximum absolute atomic E-state index is 12.4. The van der Waals surface area contributed by atoms with Crippen molar-refractivity contribution < 1.29 is 4.79 Å². The zero-order valence-electron chi connectivity index (χ0n) is 10.6. The molecular weight excluding hydrogens is 246 g/mol. The van der Waals surface area contributed by atoms with Gasteiger partial charge in [0.25, 0.3) is 5.56 Å². The summed E-state index contributed by atoms with van der Waals surface area (Å²) >= 11 is 0. The summed E-state index contributed by atoms with van der Waals surface area (Å²) in [5.41, 5.74) is 5.27. The molecule has 7 heteroatoms. The van der Waals surface area contributed by atoms with Gasteiger partial charge in [0.1, 0.15) is 6.04 Å². The average molecular weight is 263 g/mol. The molecule has 7 nitrogen and oxygen atoms in total. The lowest BCUT2D eigenvalue weighted by molar-refractivity contribution is -0.119. The largest absolute Gasteiger partial charge is 0.368 e. The van der Waals surface area contributed by atoms with E-state index in [1.54, 1.807) is 21.9 Å². The van der Waals surface area contributed by atoms with Gasteiger partial charge in [0.15, 0.2) is 5.82 Å². The van der Waals surface area contributed by atoms with E-state index in [1.807, 2.05) is 0 Å². The summed E-state index contributed by atoms with van der Waals surface area (Å²) in [6.07, 6.45) is 5.40. The molecule has 2 aliphatic rings. The van der Waals surface area contributed by atoms with Gasteiger partial charge in [-0.15, -0.1) is 0 Å². The first-order valence-corrected chi connectivity index (χ1v) is 6.52. The van der Waals surface area contributed by atoms with E-state index < -0.39 is 11.9 Å². The molecule has 0 bridgehead atoms. The minimum Gasteiger partial charge on any atom is -0.368 e. The van der Waals surface area contributed by atoms with Crippen molar-refractivity contribution in [1.82, 2.24) is 14.9 Å². The quantitative estimate of drug-likeness (QED) is 0.717. The van der Waals surface area contributed by atoms with E-state index in [-0.39, 0.29) is 5.56 Å². The topological polar surface area (TPSA) is 93.2 Å².